The number of aliphatic hydroxyl groups is 2. The molecule has 0 aliphatic carbocycles. The third kappa shape index (κ3) is 2.40. The first-order valence-electron chi connectivity index (χ1n) is 3.69. The van der Waals surface area contributed by atoms with Gasteiger partial charge in [0.2, 0.25) is 0 Å². The highest BCUT2D eigenvalue weighted by molar-refractivity contribution is 5.49. The van der Waals surface area contributed by atoms with Crippen LogP contribution in [-0.4, -0.2) is 17.0 Å². The monoisotopic (exact) mass is 184 g/mol. The fourth-order valence-electron chi connectivity index (χ4n) is 0.945. The molecule has 0 unspecified atom stereocenters. The second-order valence-electron chi connectivity index (χ2n) is 2.30. The smallest absolute Gasteiger partial charge is 0.173 e. The minimum atomic E-state index is -0.691. The van der Waals surface area contributed by atoms with Gasteiger partial charge < -0.3 is 10.2 Å². The molecule has 0 saturated carbocycles. The molecule has 1 aromatic carbocycles. The van der Waals surface area contributed by atoms with Crippen LogP contribution < -0.4 is 5.23 Å². The van der Waals surface area contributed by atoms with Crippen LogP contribution in [-0.2, 0) is 16.7 Å². The number of benzene rings is 1. The number of para-hydroxylation sites is 1. The molecule has 0 bridgehead atoms. The molecule has 0 saturated heterocycles. The third-order valence-corrected chi connectivity index (χ3v) is 1.53. The quantitative estimate of drug-likeness (QED) is 0.518. The van der Waals surface area contributed by atoms with Gasteiger partial charge in [-0.3, -0.25) is 0 Å². The molecular formula is C8H10NO4. The molecule has 0 aliphatic rings. The molecule has 2 N–H and O–H groups in total. The van der Waals surface area contributed by atoms with Gasteiger partial charge in [-0.2, -0.15) is 0 Å². The Balaban J connectivity index is 2.85. The molecule has 5 nitrogen and oxygen atoms in total. The Labute approximate surface area is 75.3 Å². The average Bonchev–Trinajstić information content (AvgIpc) is 2.18. The topological polar surface area (TPSA) is 72.8 Å². The van der Waals surface area contributed by atoms with Gasteiger partial charge in [-0.25, -0.2) is 4.84 Å². The third-order valence-electron chi connectivity index (χ3n) is 1.53. The summed E-state index contributed by atoms with van der Waals surface area (Å²) in [6.45, 7) is -0.938. The molecule has 1 rings (SSSR count). The van der Waals surface area contributed by atoms with Gasteiger partial charge in [0.25, 0.3) is 0 Å². The maximum atomic E-state index is 11.0. The van der Waals surface area contributed by atoms with E-state index < -0.39 is 6.79 Å². The summed E-state index contributed by atoms with van der Waals surface area (Å²) in [5.74, 6) is 0. The summed E-state index contributed by atoms with van der Waals surface area (Å²) in [5, 5.41) is 28.4. The van der Waals surface area contributed by atoms with Crippen LogP contribution in [0.2, 0.25) is 0 Å². The fraction of sp³-hybridized carbons (Fsp3) is 0.250. The predicted molar refractivity (Wildman–Crippen MR) is 43.7 cm³/mol. The van der Waals surface area contributed by atoms with Crippen molar-refractivity contribution in [2.75, 3.05) is 12.0 Å². The van der Waals surface area contributed by atoms with E-state index in [1.807, 2.05) is 0 Å². The van der Waals surface area contributed by atoms with Crippen molar-refractivity contribution < 1.29 is 20.3 Å². The number of nitrogens with zero attached hydrogens (tertiary/aromatic N) is 1. The lowest BCUT2D eigenvalue weighted by Gasteiger charge is -2.14. The number of hydrogen-bond donors (Lipinski definition) is 2. The molecule has 0 aromatic heterocycles. The summed E-state index contributed by atoms with van der Waals surface area (Å²) >= 11 is 0. The van der Waals surface area contributed by atoms with Gasteiger partial charge in [0.05, 0.1) is 6.61 Å². The van der Waals surface area contributed by atoms with Gasteiger partial charge >= 0.3 is 0 Å². The Hall–Kier alpha value is -1.14. The summed E-state index contributed by atoms with van der Waals surface area (Å²) in [6.07, 6.45) is 0. The van der Waals surface area contributed by atoms with E-state index in [-0.39, 0.29) is 17.5 Å². The van der Waals surface area contributed by atoms with Crippen LogP contribution >= 0.6 is 0 Å². The van der Waals surface area contributed by atoms with Gasteiger partial charge in [-0.1, -0.05) is 28.6 Å². The van der Waals surface area contributed by atoms with E-state index in [0.29, 0.717) is 5.56 Å². The van der Waals surface area contributed by atoms with Crippen molar-refractivity contribution in [1.82, 2.24) is 0 Å². The Kier molecular flexibility index (Phi) is 3.66. The summed E-state index contributed by atoms with van der Waals surface area (Å²) in [4.78, 5) is 4.29. The lowest BCUT2D eigenvalue weighted by Crippen LogP contribution is -2.18. The van der Waals surface area contributed by atoms with Crippen LogP contribution in [0.3, 0.4) is 0 Å². The number of rotatable bonds is 4. The molecule has 1 radical (unpaired) electrons. The van der Waals surface area contributed by atoms with E-state index in [1.165, 1.54) is 6.07 Å². The van der Waals surface area contributed by atoms with Crippen molar-refractivity contribution in [3.63, 3.8) is 0 Å². The van der Waals surface area contributed by atoms with Crippen LogP contribution in [0, 0.1) is 0 Å². The molecule has 0 aliphatic heterocycles. The number of hydrogen-bond acceptors (Lipinski definition) is 4. The summed E-state index contributed by atoms with van der Waals surface area (Å²) < 4.78 is 0. The van der Waals surface area contributed by atoms with Crippen molar-refractivity contribution in [1.29, 1.82) is 0 Å². The molecule has 0 heterocycles. The Morgan fingerprint density at radius 2 is 2.00 bits per heavy atom. The Bertz CT molecular complexity index is 266. The first-order chi connectivity index (χ1) is 6.29. The highest BCUT2D eigenvalue weighted by Crippen LogP contribution is 2.18. The molecule has 0 fully saturated rings. The highest BCUT2D eigenvalue weighted by Gasteiger charge is 2.09. The maximum absolute atomic E-state index is 11.0. The van der Waals surface area contributed by atoms with Crippen molar-refractivity contribution in [2.45, 2.75) is 6.61 Å². The molecule has 13 heavy (non-hydrogen) atoms. The zero-order valence-electron chi connectivity index (χ0n) is 6.88. The minimum absolute atomic E-state index is 0.172. The van der Waals surface area contributed by atoms with Crippen molar-refractivity contribution in [3.05, 3.63) is 29.8 Å². The molecule has 71 valence electrons. The largest absolute Gasteiger partial charge is 0.392 e. The minimum Gasteiger partial charge on any atom is -0.392 e. The lowest BCUT2D eigenvalue weighted by molar-refractivity contribution is -0.135. The van der Waals surface area contributed by atoms with Crippen LogP contribution in [0.4, 0.5) is 5.69 Å². The van der Waals surface area contributed by atoms with Crippen molar-refractivity contribution >= 4 is 5.69 Å². The van der Waals surface area contributed by atoms with E-state index in [1.54, 1.807) is 18.2 Å². The Morgan fingerprint density at radius 3 is 2.62 bits per heavy atom. The maximum Gasteiger partial charge on any atom is 0.173 e. The van der Waals surface area contributed by atoms with Crippen LogP contribution in [0.25, 0.3) is 0 Å². The molecular weight excluding hydrogens is 174 g/mol. The zero-order chi connectivity index (χ0) is 9.68. The van der Waals surface area contributed by atoms with E-state index in [4.69, 9.17) is 10.2 Å². The van der Waals surface area contributed by atoms with Gasteiger partial charge in [0, 0.05) is 5.56 Å². The average molecular weight is 184 g/mol. The van der Waals surface area contributed by atoms with Gasteiger partial charge in [0.1, 0.15) is 5.69 Å². The first kappa shape index (κ1) is 9.94. The normalized spacial score (nSPS) is 10.1. The summed E-state index contributed by atoms with van der Waals surface area (Å²) in [5.41, 5.74) is 0.644. The molecule has 0 amide bonds. The lowest BCUT2D eigenvalue weighted by atomic mass is 10.2. The van der Waals surface area contributed by atoms with Gasteiger partial charge in [0.15, 0.2) is 6.79 Å². The summed E-state index contributed by atoms with van der Waals surface area (Å²) in [7, 11) is 0. The summed E-state index contributed by atoms with van der Waals surface area (Å²) in [6, 6.07) is 6.43. The first-order valence-corrected chi connectivity index (χ1v) is 3.69. The van der Waals surface area contributed by atoms with Crippen LogP contribution in [0.5, 0.6) is 0 Å². The SMILES string of the molecule is [O]N(OCO)c1ccccc1CO. The van der Waals surface area contributed by atoms with Crippen molar-refractivity contribution in [3.8, 4) is 0 Å². The second-order valence-corrected chi connectivity index (χ2v) is 2.30. The van der Waals surface area contributed by atoms with Gasteiger partial charge in [-0.05, 0) is 6.07 Å². The van der Waals surface area contributed by atoms with E-state index >= 15 is 0 Å². The van der Waals surface area contributed by atoms with E-state index in [9.17, 15) is 5.21 Å². The predicted octanol–water partition coefficient (Wildman–Crippen LogP) is 0.212. The van der Waals surface area contributed by atoms with Gasteiger partial charge in [-0.15, -0.1) is 0 Å². The van der Waals surface area contributed by atoms with Crippen LogP contribution in [0.1, 0.15) is 5.56 Å². The molecule has 1 aromatic rings. The van der Waals surface area contributed by atoms with E-state index in [2.05, 4.69) is 4.84 Å². The standard InChI is InChI=1S/C8H10NO4/c10-5-7-3-1-2-4-8(7)9(12)13-6-11/h1-4,10-11H,5-6H2. The number of aliphatic hydroxyl groups excluding tert-OH is 2. The number of anilines is 1. The second kappa shape index (κ2) is 4.78. The highest BCUT2D eigenvalue weighted by atomic mass is 16.9. The zero-order valence-corrected chi connectivity index (χ0v) is 6.88. The molecule has 0 spiro atoms. The molecule has 5 heteroatoms. The Morgan fingerprint density at radius 1 is 1.31 bits per heavy atom. The van der Waals surface area contributed by atoms with Crippen molar-refractivity contribution in [2.24, 2.45) is 0 Å². The van der Waals surface area contributed by atoms with E-state index in [0.717, 1.165) is 0 Å². The fourth-order valence-corrected chi connectivity index (χ4v) is 0.945. The molecule has 0 atom stereocenters. The van der Waals surface area contributed by atoms with Crippen LogP contribution in [0.15, 0.2) is 24.3 Å².